The van der Waals surface area contributed by atoms with E-state index >= 15 is 0 Å². The summed E-state index contributed by atoms with van der Waals surface area (Å²) in [6.45, 7) is 0. The summed E-state index contributed by atoms with van der Waals surface area (Å²) in [5.41, 5.74) is 0. The number of anilines is 1. The maximum absolute atomic E-state index is 5.84. The Kier molecular flexibility index (Phi) is 2.64. The van der Waals surface area contributed by atoms with Crippen molar-refractivity contribution < 1.29 is 9.26 Å². The van der Waals surface area contributed by atoms with E-state index in [0.29, 0.717) is 11.8 Å². The Hall–Kier alpha value is -1.69. The normalized spacial score (nSPS) is 18.3. The van der Waals surface area contributed by atoms with Crippen molar-refractivity contribution >= 4 is 17.8 Å². The summed E-state index contributed by atoms with van der Waals surface area (Å²) in [6, 6.07) is 8.37. The van der Waals surface area contributed by atoms with Crippen LogP contribution in [0.5, 0.6) is 5.75 Å². The van der Waals surface area contributed by atoms with Crippen LogP contribution in [0.2, 0.25) is 0 Å². The largest absolute Gasteiger partial charge is 0.480 e. The van der Waals surface area contributed by atoms with Crippen LogP contribution in [0.4, 0.5) is 6.01 Å². The van der Waals surface area contributed by atoms with Gasteiger partial charge in [0.1, 0.15) is 5.75 Å². The minimum absolute atomic E-state index is 0.152. The lowest BCUT2D eigenvalue weighted by molar-refractivity contribution is 0.205. The summed E-state index contributed by atoms with van der Waals surface area (Å²) < 4.78 is 10.8. The second-order valence-electron chi connectivity index (χ2n) is 3.57. The average molecular weight is 249 g/mol. The van der Waals surface area contributed by atoms with Gasteiger partial charge in [-0.1, -0.05) is 17.3 Å². The van der Waals surface area contributed by atoms with E-state index in [2.05, 4.69) is 15.5 Å². The van der Waals surface area contributed by atoms with Crippen LogP contribution >= 0.6 is 11.8 Å². The molecule has 3 rings (SSSR count). The van der Waals surface area contributed by atoms with Crippen molar-refractivity contribution in [1.29, 1.82) is 0 Å². The molecule has 0 saturated heterocycles. The molecule has 1 aliphatic heterocycles. The number of ether oxygens (including phenoxy) is 1. The first-order chi connectivity index (χ1) is 8.36. The zero-order chi connectivity index (χ0) is 11.7. The summed E-state index contributed by atoms with van der Waals surface area (Å²) in [4.78, 5) is 5.35. The molecule has 2 heterocycles. The zero-order valence-electron chi connectivity index (χ0n) is 9.21. The number of benzene rings is 1. The Balaban J connectivity index is 1.84. The van der Waals surface area contributed by atoms with Gasteiger partial charge in [-0.3, -0.25) is 0 Å². The number of rotatable bonds is 2. The van der Waals surface area contributed by atoms with Crippen molar-refractivity contribution in [1.82, 2.24) is 10.1 Å². The fourth-order valence-corrected chi connectivity index (χ4v) is 2.60. The number of thioether (sulfide) groups is 1. The number of para-hydroxylation sites is 1. The summed E-state index contributed by atoms with van der Waals surface area (Å²) in [5.74, 6) is 2.25. The molecule has 0 spiro atoms. The molecule has 0 amide bonds. The first kappa shape index (κ1) is 10.5. The molecule has 2 aromatic rings. The standard InChI is InChI=1S/C11H11N3O2S/c1-12-11-13-10(14-16-11)8-6-17-9-5-3-2-4-7(9)15-8/h2-5,8H,6H2,1H3,(H,12,13,14). The van der Waals surface area contributed by atoms with Crippen molar-refractivity contribution in [3.05, 3.63) is 30.1 Å². The fourth-order valence-electron chi connectivity index (χ4n) is 1.61. The Morgan fingerprint density at radius 3 is 3.12 bits per heavy atom. The first-order valence-electron chi connectivity index (χ1n) is 5.26. The van der Waals surface area contributed by atoms with Gasteiger partial charge in [-0.15, -0.1) is 11.8 Å². The monoisotopic (exact) mass is 249 g/mol. The highest BCUT2D eigenvalue weighted by Gasteiger charge is 2.25. The number of hydrogen-bond acceptors (Lipinski definition) is 6. The molecule has 0 fully saturated rings. The maximum Gasteiger partial charge on any atom is 0.321 e. The molecule has 1 N–H and O–H groups in total. The van der Waals surface area contributed by atoms with E-state index in [9.17, 15) is 0 Å². The van der Waals surface area contributed by atoms with Crippen molar-refractivity contribution in [2.45, 2.75) is 11.0 Å². The van der Waals surface area contributed by atoms with E-state index in [-0.39, 0.29) is 6.10 Å². The molecule has 1 unspecified atom stereocenters. The highest BCUT2D eigenvalue weighted by atomic mass is 32.2. The second-order valence-corrected chi connectivity index (χ2v) is 4.63. The molecular formula is C11H11N3O2S. The van der Waals surface area contributed by atoms with Gasteiger partial charge in [-0.05, 0) is 12.1 Å². The van der Waals surface area contributed by atoms with Gasteiger partial charge >= 0.3 is 6.01 Å². The number of hydrogen-bond donors (Lipinski definition) is 1. The third kappa shape index (κ3) is 1.95. The van der Waals surface area contributed by atoms with Gasteiger partial charge in [-0.25, -0.2) is 0 Å². The Labute approximate surface area is 103 Å². The Morgan fingerprint density at radius 1 is 1.41 bits per heavy atom. The molecule has 1 atom stereocenters. The molecule has 88 valence electrons. The summed E-state index contributed by atoms with van der Waals surface area (Å²) in [6.07, 6.45) is -0.152. The lowest BCUT2D eigenvalue weighted by atomic mass is 10.3. The quantitative estimate of drug-likeness (QED) is 0.881. The molecular weight excluding hydrogens is 238 g/mol. The van der Waals surface area contributed by atoms with Crippen molar-refractivity contribution in [2.75, 3.05) is 18.1 Å². The minimum atomic E-state index is -0.152. The lowest BCUT2D eigenvalue weighted by Gasteiger charge is -2.22. The highest BCUT2D eigenvalue weighted by molar-refractivity contribution is 7.99. The Bertz CT molecular complexity index is 529. The molecule has 1 aromatic carbocycles. The van der Waals surface area contributed by atoms with Gasteiger partial charge < -0.3 is 14.6 Å². The smallest absolute Gasteiger partial charge is 0.321 e. The first-order valence-corrected chi connectivity index (χ1v) is 6.25. The minimum Gasteiger partial charge on any atom is -0.480 e. The van der Waals surface area contributed by atoms with E-state index in [4.69, 9.17) is 9.26 Å². The number of fused-ring (bicyclic) bond motifs is 1. The predicted molar refractivity (Wildman–Crippen MR) is 64.4 cm³/mol. The van der Waals surface area contributed by atoms with Gasteiger partial charge in [0.25, 0.3) is 0 Å². The van der Waals surface area contributed by atoms with Crippen molar-refractivity contribution in [2.24, 2.45) is 0 Å². The number of nitrogens with zero attached hydrogens (tertiary/aromatic N) is 2. The summed E-state index contributed by atoms with van der Waals surface area (Å²) in [5, 5.41) is 6.70. The van der Waals surface area contributed by atoms with E-state index in [0.717, 1.165) is 16.4 Å². The molecule has 17 heavy (non-hydrogen) atoms. The summed E-state index contributed by atoms with van der Waals surface area (Å²) >= 11 is 1.74. The van der Waals surface area contributed by atoms with Gasteiger partial charge in [0.05, 0.1) is 0 Å². The molecule has 6 heteroatoms. The van der Waals surface area contributed by atoms with Crippen molar-refractivity contribution in [3.63, 3.8) is 0 Å². The third-order valence-electron chi connectivity index (χ3n) is 2.45. The lowest BCUT2D eigenvalue weighted by Crippen LogP contribution is -2.16. The van der Waals surface area contributed by atoms with Crippen LogP contribution in [0.1, 0.15) is 11.9 Å². The van der Waals surface area contributed by atoms with Crippen LogP contribution in [0.15, 0.2) is 33.7 Å². The molecule has 0 saturated carbocycles. The van der Waals surface area contributed by atoms with Crippen LogP contribution in [-0.4, -0.2) is 22.9 Å². The molecule has 0 bridgehead atoms. The number of aromatic nitrogens is 2. The zero-order valence-corrected chi connectivity index (χ0v) is 10.0. The van der Waals surface area contributed by atoms with Crippen LogP contribution in [0.3, 0.4) is 0 Å². The second kappa shape index (κ2) is 4.29. The molecule has 1 aromatic heterocycles. The van der Waals surface area contributed by atoms with Crippen molar-refractivity contribution in [3.8, 4) is 5.75 Å². The number of nitrogens with one attached hydrogen (secondary N) is 1. The fraction of sp³-hybridized carbons (Fsp3) is 0.273. The molecule has 0 radical (unpaired) electrons. The SMILES string of the molecule is CNc1nc(C2CSc3ccccc3O2)no1. The van der Waals surface area contributed by atoms with Crippen LogP contribution in [0, 0.1) is 0 Å². The predicted octanol–water partition coefficient (Wildman–Crippen LogP) is 2.34. The van der Waals surface area contributed by atoms with Gasteiger partial charge in [0.15, 0.2) is 6.10 Å². The van der Waals surface area contributed by atoms with E-state index in [1.54, 1.807) is 18.8 Å². The Morgan fingerprint density at radius 2 is 2.29 bits per heavy atom. The third-order valence-corrected chi connectivity index (χ3v) is 3.57. The molecule has 1 aliphatic rings. The average Bonchev–Trinajstić information content (AvgIpc) is 2.87. The highest BCUT2D eigenvalue weighted by Crippen LogP contribution is 2.39. The van der Waals surface area contributed by atoms with E-state index in [1.807, 2.05) is 24.3 Å². The topological polar surface area (TPSA) is 60.2 Å². The van der Waals surface area contributed by atoms with E-state index < -0.39 is 0 Å². The summed E-state index contributed by atoms with van der Waals surface area (Å²) in [7, 11) is 1.74. The van der Waals surface area contributed by atoms with Crippen LogP contribution in [-0.2, 0) is 0 Å². The van der Waals surface area contributed by atoms with Crippen LogP contribution in [0.25, 0.3) is 0 Å². The van der Waals surface area contributed by atoms with E-state index in [1.165, 1.54) is 0 Å². The molecule has 5 nitrogen and oxygen atoms in total. The van der Waals surface area contributed by atoms with Gasteiger partial charge in [-0.2, -0.15) is 4.98 Å². The van der Waals surface area contributed by atoms with Gasteiger partial charge in [0, 0.05) is 17.7 Å². The van der Waals surface area contributed by atoms with Gasteiger partial charge in [0.2, 0.25) is 5.82 Å². The maximum atomic E-state index is 5.84. The van der Waals surface area contributed by atoms with Crippen LogP contribution < -0.4 is 10.1 Å². The molecule has 0 aliphatic carbocycles.